The highest BCUT2D eigenvalue weighted by Crippen LogP contribution is 2.28. The Labute approximate surface area is 178 Å². The van der Waals surface area contributed by atoms with Gasteiger partial charge in [-0.05, 0) is 40.6 Å². The molecular weight excluding hydrogens is 433 g/mol. The number of anilines is 2. The molecule has 0 aliphatic carbocycles. The van der Waals surface area contributed by atoms with Crippen LogP contribution in [0.5, 0.6) is 0 Å². The molecule has 0 aliphatic heterocycles. The van der Waals surface area contributed by atoms with Crippen LogP contribution in [0.3, 0.4) is 0 Å². The van der Waals surface area contributed by atoms with Gasteiger partial charge in [-0.2, -0.15) is 5.10 Å². The molecule has 0 atom stereocenters. The third-order valence-electron chi connectivity index (χ3n) is 4.03. The highest BCUT2D eigenvalue weighted by Gasteiger charge is 2.20. The fourth-order valence-electron chi connectivity index (χ4n) is 2.67. The van der Waals surface area contributed by atoms with Gasteiger partial charge in [-0.3, -0.25) is 0 Å². The van der Waals surface area contributed by atoms with Gasteiger partial charge in [0.25, 0.3) is 0 Å². The largest absolute Gasteiger partial charge is 0.478 e. The second-order valence-electron chi connectivity index (χ2n) is 5.95. The van der Waals surface area contributed by atoms with E-state index in [0.29, 0.717) is 21.3 Å². The first-order valence-electron chi connectivity index (χ1n) is 8.30. The topological polar surface area (TPSA) is 152 Å². The number of nitrogens with two attached hydrogens (primary N) is 1. The van der Waals surface area contributed by atoms with Crippen molar-refractivity contribution < 1.29 is 14.5 Å². The Morgan fingerprint density at radius 3 is 2.47 bits per heavy atom. The highest BCUT2D eigenvalue weighted by molar-refractivity contribution is 6.42. The van der Waals surface area contributed by atoms with E-state index in [1.54, 1.807) is 30.3 Å². The van der Waals surface area contributed by atoms with Crippen molar-refractivity contribution in [2.45, 2.75) is 0 Å². The molecule has 0 unspecified atom stereocenters. The lowest BCUT2D eigenvalue weighted by atomic mass is 10.0. The zero-order valence-corrected chi connectivity index (χ0v) is 16.4. The number of fused-ring (bicyclic) bond motifs is 1. The SMILES string of the molecule is NN=C(c1cccc(C(=O)O)c1)c1nc2nonc2nc1Nc1ccc(Cl)c(Cl)c1. The maximum atomic E-state index is 11.3. The van der Waals surface area contributed by atoms with Crippen LogP contribution in [-0.2, 0) is 0 Å². The number of carboxylic acids is 1. The van der Waals surface area contributed by atoms with E-state index in [0.717, 1.165) is 0 Å². The number of carboxylic acid groups (broad SMARTS) is 1. The van der Waals surface area contributed by atoms with Gasteiger partial charge in [-0.15, -0.1) is 0 Å². The molecule has 150 valence electrons. The van der Waals surface area contributed by atoms with Gasteiger partial charge < -0.3 is 16.3 Å². The number of nitrogens with zero attached hydrogens (tertiary/aromatic N) is 5. The molecule has 0 spiro atoms. The van der Waals surface area contributed by atoms with Crippen LogP contribution in [-0.4, -0.2) is 37.1 Å². The van der Waals surface area contributed by atoms with Crippen LogP contribution >= 0.6 is 23.2 Å². The van der Waals surface area contributed by atoms with E-state index in [2.05, 4.69) is 35.3 Å². The summed E-state index contributed by atoms with van der Waals surface area (Å²) in [7, 11) is 0. The van der Waals surface area contributed by atoms with Gasteiger partial charge in [0.2, 0.25) is 11.3 Å². The molecule has 0 bridgehead atoms. The van der Waals surface area contributed by atoms with Crippen molar-refractivity contribution in [3.8, 4) is 0 Å². The van der Waals surface area contributed by atoms with Crippen molar-refractivity contribution in [3.63, 3.8) is 0 Å². The molecule has 0 fully saturated rings. The predicted octanol–water partition coefficient (Wildman–Crippen LogP) is 3.47. The van der Waals surface area contributed by atoms with E-state index in [9.17, 15) is 9.90 Å². The minimum absolute atomic E-state index is 0.0600. The molecule has 4 aromatic rings. The number of hydrazone groups is 1. The Bertz CT molecular complexity index is 1310. The zero-order valence-electron chi connectivity index (χ0n) is 14.9. The average Bonchev–Trinajstić information content (AvgIpc) is 3.19. The highest BCUT2D eigenvalue weighted by atomic mass is 35.5. The number of benzene rings is 2. The molecule has 4 N–H and O–H groups in total. The summed E-state index contributed by atoms with van der Waals surface area (Å²) in [5.41, 5.74) is 1.69. The number of aromatic nitrogens is 4. The van der Waals surface area contributed by atoms with Gasteiger partial charge in [-0.25, -0.2) is 19.4 Å². The Morgan fingerprint density at radius 2 is 1.77 bits per heavy atom. The molecule has 10 nitrogen and oxygen atoms in total. The van der Waals surface area contributed by atoms with E-state index in [1.807, 2.05) is 0 Å². The first-order chi connectivity index (χ1) is 14.5. The van der Waals surface area contributed by atoms with E-state index >= 15 is 0 Å². The summed E-state index contributed by atoms with van der Waals surface area (Å²) in [5, 5.41) is 24.3. The van der Waals surface area contributed by atoms with Crippen LogP contribution < -0.4 is 11.2 Å². The van der Waals surface area contributed by atoms with Crippen molar-refractivity contribution >= 4 is 57.7 Å². The monoisotopic (exact) mass is 443 g/mol. The maximum Gasteiger partial charge on any atom is 0.335 e. The summed E-state index contributed by atoms with van der Waals surface area (Å²) in [6.07, 6.45) is 0. The summed E-state index contributed by atoms with van der Waals surface area (Å²) in [6, 6.07) is 11.0. The van der Waals surface area contributed by atoms with Crippen molar-refractivity contribution in [2.75, 3.05) is 5.32 Å². The quantitative estimate of drug-likeness (QED) is 0.239. The minimum Gasteiger partial charge on any atom is -0.478 e. The van der Waals surface area contributed by atoms with Crippen LogP contribution in [0.2, 0.25) is 10.0 Å². The Kier molecular flexibility index (Phi) is 5.17. The summed E-state index contributed by atoms with van der Waals surface area (Å²) < 4.78 is 4.69. The van der Waals surface area contributed by atoms with E-state index in [1.165, 1.54) is 12.1 Å². The lowest BCUT2D eigenvalue weighted by molar-refractivity contribution is 0.0697. The number of nitrogens with one attached hydrogen (secondary N) is 1. The number of aromatic carboxylic acids is 1. The van der Waals surface area contributed by atoms with Crippen LogP contribution in [0, 0.1) is 0 Å². The van der Waals surface area contributed by atoms with Crippen molar-refractivity contribution in [3.05, 3.63) is 69.3 Å². The predicted molar refractivity (Wildman–Crippen MR) is 110 cm³/mol. The van der Waals surface area contributed by atoms with Gasteiger partial charge in [0.1, 0.15) is 11.4 Å². The van der Waals surface area contributed by atoms with Gasteiger partial charge in [-0.1, -0.05) is 35.3 Å². The molecule has 2 aromatic carbocycles. The van der Waals surface area contributed by atoms with Crippen LogP contribution in [0.1, 0.15) is 21.6 Å². The smallest absolute Gasteiger partial charge is 0.335 e. The summed E-state index contributed by atoms with van der Waals surface area (Å²) in [5.74, 6) is 4.77. The lowest BCUT2D eigenvalue weighted by Crippen LogP contribution is -2.14. The van der Waals surface area contributed by atoms with Crippen LogP contribution in [0.15, 0.2) is 52.2 Å². The third-order valence-corrected chi connectivity index (χ3v) is 4.77. The summed E-state index contributed by atoms with van der Waals surface area (Å²) >= 11 is 12.1. The fourth-order valence-corrected chi connectivity index (χ4v) is 2.97. The van der Waals surface area contributed by atoms with Gasteiger partial charge in [0.15, 0.2) is 5.82 Å². The van der Waals surface area contributed by atoms with Crippen LogP contribution in [0.4, 0.5) is 11.5 Å². The number of carbonyl (C=O) groups is 1. The standard InChI is InChI=1S/C18H11Cl2N7O3/c19-11-5-4-10(7-12(11)20)22-15-14(23-16-17(24-15)27-30-26-16)13(25-21)8-2-1-3-9(6-8)18(28)29/h1-7H,21H2,(H,28,29)(H,22,24,27). The summed E-state index contributed by atoms with van der Waals surface area (Å²) in [6.45, 7) is 0. The lowest BCUT2D eigenvalue weighted by Gasteiger charge is -2.12. The Balaban J connectivity index is 1.85. The molecule has 0 amide bonds. The Morgan fingerprint density at radius 1 is 1.03 bits per heavy atom. The first-order valence-corrected chi connectivity index (χ1v) is 9.06. The molecule has 0 saturated carbocycles. The van der Waals surface area contributed by atoms with E-state index < -0.39 is 5.97 Å². The second kappa shape index (κ2) is 7.93. The van der Waals surface area contributed by atoms with Crippen molar-refractivity contribution in [2.24, 2.45) is 10.9 Å². The average molecular weight is 444 g/mol. The Hall–Kier alpha value is -3.76. The number of hydrogen-bond donors (Lipinski definition) is 3. The number of rotatable bonds is 5. The molecule has 4 rings (SSSR count). The van der Waals surface area contributed by atoms with Crippen LogP contribution in [0.25, 0.3) is 11.3 Å². The molecule has 0 radical (unpaired) electrons. The normalized spacial score (nSPS) is 11.6. The molecule has 2 heterocycles. The molecule has 0 saturated heterocycles. The summed E-state index contributed by atoms with van der Waals surface area (Å²) in [4.78, 5) is 20.1. The molecule has 2 aromatic heterocycles. The van der Waals surface area contributed by atoms with Gasteiger partial charge in [0.05, 0.1) is 15.6 Å². The molecule has 30 heavy (non-hydrogen) atoms. The fraction of sp³-hybridized carbons (Fsp3) is 0. The molecule has 0 aliphatic rings. The first kappa shape index (κ1) is 19.6. The van der Waals surface area contributed by atoms with E-state index in [-0.39, 0.29) is 34.1 Å². The van der Waals surface area contributed by atoms with Crippen molar-refractivity contribution in [1.29, 1.82) is 0 Å². The van der Waals surface area contributed by atoms with Gasteiger partial charge >= 0.3 is 5.97 Å². The molecule has 12 heteroatoms. The number of hydrogen-bond acceptors (Lipinski definition) is 9. The molecular formula is C18H11Cl2N7O3. The maximum absolute atomic E-state index is 11.3. The third kappa shape index (κ3) is 3.73. The minimum atomic E-state index is -1.09. The van der Waals surface area contributed by atoms with E-state index in [4.69, 9.17) is 29.0 Å². The number of halogens is 2. The zero-order chi connectivity index (χ0) is 21.3. The van der Waals surface area contributed by atoms with Crippen molar-refractivity contribution in [1.82, 2.24) is 20.3 Å². The van der Waals surface area contributed by atoms with Gasteiger partial charge in [0, 0.05) is 11.3 Å². The second-order valence-corrected chi connectivity index (χ2v) is 6.76.